The summed E-state index contributed by atoms with van der Waals surface area (Å²) in [6, 6.07) is 12.2. The molecule has 1 aromatic carbocycles. The predicted molar refractivity (Wildman–Crippen MR) is 119 cm³/mol. The number of carbonyl (C=O) groups is 1. The second-order valence-electron chi connectivity index (χ2n) is 8.02. The van der Waals surface area contributed by atoms with Crippen LogP contribution in [0.15, 0.2) is 42.6 Å². The molecule has 1 amide bonds. The lowest BCUT2D eigenvalue weighted by Gasteiger charge is -2.31. The maximum atomic E-state index is 13.4. The first-order valence-corrected chi connectivity index (χ1v) is 10.6. The quantitative estimate of drug-likeness (QED) is 0.680. The van der Waals surface area contributed by atoms with Crippen molar-refractivity contribution in [3.8, 4) is 0 Å². The highest BCUT2D eigenvalue weighted by Gasteiger charge is 2.27. The van der Waals surface area contributed by atoms with E-state index < -0.39 is 0 Å². The summed E-state index contributed by atoms with van der Waals surface area (Å²) in [6.07, 6.45) is 3.85. The van der Waals surface area contributed by atoms with Gasteiger partial charge in [-0.25, -0.2) is 0 Å². The zero-order valence-electron chi connectivity index (χ0n) is 17.8. The summed E-state index contributed by atoms with van der Waals surface area (Å²) in [7, 11) is 1.70. The Morgan fingerprint density at radius 2 is 1.97 bits per heavy atom. The molecule has 0 aliphatic carbocycles. The van der Waals surface area contributed by atoms with Crippen LogP contribution in [0.3, 0.4) is 0 Å². The van der Waals surface area contributed by atoms with Gasteiger partial charge in [0.05, 0.1) is 23.4 Å². The van der Waals surface area contributed by atoms with Gasteiger partial charge in [0.15, 0.2) is 0 Å². The third-order valence-corrected chi connectivity index (χ3v) is 6.10. The maximum absolute atomic E-state index is 13.4. The number of nitrogens with two attached hydrogens (primary N) is 1. The fourth-order valence-corrected chi connectivity index (χ4v) is 4.47. The Labute approximate surface area is 177 Å². The van der Waals surface area contributed by atoms with Crippen molar-refractivity contribution in [3.63, 3.8) is 0 Å². The van der Waals surface area contributed by atoms with E-state index in [0.29, 0.717) is 19.1 Å². The van der Waals surface area contributed by atoms with Crippen molar-refractivity contribution in [2.45, 2.75) is 38.8 Å². The molecule has 0 bridgehead atoms. The fraction of sp³-hybridized carbons (Fsp3) is 0.417. The second-order valence-corrected chi connectivity index (χ2v) is 8.02. The number of ether oxygens (including phenoxy) is 1. The molecule has 158 valence electrons. The number of pyridine rings is 1. The van der Waals surface area contributed by atoms with Crippen LogP contribution in [0.25, 0.3) is 10.9 Å². The number of aromatic nitrogens is 2. The third-order valence-electron chi connectivity index (χ3n) is 6.10. The number of amides is 1. The van der Waals surface area contributed by atoms with Crippen molar-refractivity contribution >= 4 is 16.8 Å². The van der Waals surface area contributed by atoms with Crippen LogP contribution >= 0.6 is 0 Å². The summed E-state index contributed by atoms with van der Waals surface area (Å²) in [5.74, 6) is 0.495. The van der Waals surface area contributed by atoms with E-state index in [0.717, 1.165) is 60.3 Å². The topological polar surface area (TPSA) is 73.4 Å². The molecule has 3 heterocycles. The molecular formula is C24H30N4O2. The summed E-state index contributed by atoms with van der Waals surface area (Å²) in [4.78, 5) is 20.1. The first-order valence-electron chi connectivity index (χ1n) is 10.6. The number of nitrogens with zero attached hydrogens (tertiary/aromatic N) is 3. The average Bonchev–Trinajstić information content (AvgIpc) is 3.17. The summed E-state index contributed by atoms with van der Waals surface area (Å²) >= 11 is 0. The van der Waals surface area contributed by atoms with Crippen molar-refractivity contribution in [2.75, 3.05) is 26.8 Å². The normalized spacial score (nSPS) is 15.1. The number of methoxy groups -OCH3 is 1. The van der Waals surface area contributed by atoms with Gasteiger partial charge in [-0.1, -0.05) is 24.3 Å². The largest absolute Gasteiger partial charge is 0.383 e. The van der Waals surface area contributed by atoms with E-state index in [4.69, 9.17) is 10.5 Å². The van der Waals surface area contributed by atoms with Crippen LogP contribution < -0.4 is 5.73 Å². The molecule has 2 aromatic heterocycles. The molecule has 30 heavy (non-hydrogen) atoms. The van der Waals surface area contributed by atoms with E-state index in [9.17, 15) is 4.79 Å². The van der Waals surface area contributed by atoms with Gasteiger partial charge in [0.25, 0.3) is 5.91 Å². The molecule has 0 atom stereocenters. The number of rotatable bonds is 6. The molecule has 1 aliphatic heterocycles. The van der Waals surface area contributed by atoms with Gasteiger partial charge in [-0.2, -0.15) is 0 Å². The lowest BCUT2D eigenvalue weighted by molar-refractivity contribution is 0.0713. The van der Waals surface area contributed by atoms with E-state index in [1.807, 2.05) is 35.4 Å². The number of likely N-dealkylation sites (tertiary alicyclic amines) is 1. The van der Waals surface area contributed by atoms with Gasteiger partial charge in [-0.3, -0.25) is 9.78 Å². The molecule has 0 unspecified atom stereocenters. The molecule has 6 heteroatoms. The summed E-state index contributed by atoms with van der Waals surface area (Å²) in [6.45, 7) is 5.39. The molecule has 4 rings (SSSR count). The van der Waals surface area contributed by atoms with Gasteiger partial charge in [0, 0.05) is 56.5 Å². The van der Waals surface area contributed by atoms with E-state index in [2.05, 4.69) is 28.6 Å². The van der Waals surface area contributed by atoms with Crippen LogP contribution in [0.2, 0.25) is 0 Å². The van der Waals surface area contributed by atoms with Crippen molar-refractivity contribution in [3.05, 3.63) is 65.1 Å². The maximum Gasteiger partial charge on any atom is 0.256 e. The smallest absolute Gasteiger partial charge is 0.256 e. The Kier molecular flexibility index (Phi) is 6.16. The molecule has 3 aromatic rings. The number of aryl methyl sites for hydroxylation is 1. The highest BCUT2D eigenvalue weighted by atomic mass is 16.5. The highest BCUT2D eigenvalue weighted by Crippen LogP contribution is 2.30. The van der Waals surface area contributed by atoms with E-state index in [1.54, 1.807) is 7.11 Å². The standard InChI is InChI=1S/C24H30N4O2/c1-17-5-3-7-20-21(16-28(23(17)20)13-14-30-2)24(29)27-11-9-18(10-12-27)22-8-4-6-19(15-25)26-22/h3-8,16,18H,9-15,25H2,1-2H3. The minimum absolute atomic E-state index is 0.115. The molecule has 0 saturated carbocycles. The SMILES string of the molecule is COCCn1cc(C(=O)N2CCC(c3cccc(CN)n3)CC2)c2cccc(C)c21. The molecule has 0 radical (unpaired) electrons. The Bertz CT molecular complexity index is 1030. The Balaban J connectivity index is 1.53. The Hall–Kier alpha value is -2.70. The van der Waals surface area contributed by atoms with Crippen molar-refractivity contribution in [2.24, 2.45) is 5.73 Å². The number of carbonyl (C=O) groups excluding carboxylic acids is 1. The third kappa shape index (κ3) is 3.98. The van der Waals surface area contributed by atoms with E-state index in [-0.39, 0.29) is 5.91 Å². The van der Waals surface area contributed by atoms with Gasteiger partial charge >= 0.3 is 0 Å². The van der Waals surface area contributed by atoms with E-state index in [1.165, 1.54) is 5.56 Å². The van der Waals surface area contributed by atoms with Gasteiger partial charge in [0.2, 0.25) is 0 Å². The van der Waals surface area contributed by atoms with Crippen molar-refractivity contribution < 1.29 is 9.53 Å². The van der Waals surface area contributed by atoms with Gasteiger partial charge < -0.3 is 19.9 Å². The number of para-hydroxylation sites is 1. The van der Waals surface area contributed by atoms with Crippen LogP contribution in [-0.2, 0) is 17.8 Å². The second kappa shape index (κ2) is 8.98. The highest BCUT2D eigenvalue weighted by molar-refractivity contribution is 6.07. The van der Waals surface area contributed by atoms with Crippen LogP contribution in [0.4, 0.5) is 0 Å². The first-order chi connectivity index (χ1) is 14.6. The molecule has 1 saturated heterocycles. The number of fused-ring (bicyclic) bond motifs is 1. The molecule has 0 spiro atoms. The van der Waals surface area contributed by atoms with Gasteiger partial charge in [-0.05, 0) is 37.5 Å². The summed E-state index contributed by atoms with van der Waals surface area (Å²) < 4.78 is 7.41. The zero-order valence-corrected chi connectivity index (χ0v) is 17.8. The monoisotopic (exact) mass is 406 g/mol. The lowest BCUT2D eigenvalue weighted by Crippen LogP contribution is -2.38. The lowest BCUT2D eigenvalue weighted by atomic mass is 9.92. The zero-order chi connectivity index (χ0) is 21.1. The minimum Gasteiger partial charge on any atom is -0.383 e. The fourth-order valence-electron chi connectivity index (χ4n) is 4.47. The number of hydrogen-bond donors (Lipinski definition) is 1. The molecule has 1 fully saturated rings. The number of benzene rings is 1. The van der Waals surface area contributed by atoms with Gasteiger partial charge in [0.1, 0.15) is 0 Å². The Morgan fingerprint density at radius 3 is 2.70 bits per heavy atom. The average molecular weight is 407 g/mol. The molecule has 2 N–H and O–H groups in total. The number of piperidine rings is 1. The first kappa shape index (κ1) is 20.6. The van der Waals surface area contributed by atoms with Crippen LogP contribution in [0, 0.1) is 6.92 Å². The van der Waals surface area contributed by atoms with Crippen LogP contribution in [0.1, 0.15) is 46.1 Å². The van der Waals surface area contributed by atoms with Gasteiger partial charge in [-0.15, -0.1) is 0 Å². The predicted octanol–water partition coefficient (Wildman–Crippen LogP) is 3.47. The number of hydrogen-bond acceptors (Lipinski definition) is 4. The summed E-state index contributed by atoms with van der Waals surface area (Å²) in [5.41, 5.74) is 10.8. The van der Waals surface area contributed by atoms with Crippen LogP contribution in [-0.4, -0.2) is 47.2 Å². The van der Waals surface area contributed by atoms with E-state index >= 15 is 0 Å². The van der Waals surface area contributed by atoms with Crippen molar-refractivity contribution in [1.29, 1.82) is 0 Å². The summed E-state index contributed by atoms with van der Waals surface area (Å²) in [5, 5.41) is 1.02. The molecular weight excluding hydrogens is 376 g/mol. The molecule has 6 nitrogen and oxygen atoms in total. The minimum atomic E-state index is 0.115. The van der Waals surface area contributed by atoms with Crippen LogP contribution in [0.5, 0.6) is 0 Å². The van der Waals surface area contributed by atoms with Crippen molar-refractivity contribution in [1.82, 2.24) is 14.5 Å². The molecule has 1 aliphatic rings. The Morgan fingerprint density at radius 1 is 1.20 bits per heavy atom.